The number of aryl methyl sites for hydroxylation is 1. The van der Waals surface area contributed by atoms with E-state index in [-0.39, 0.29) is 30.0 Å². The Morgan fingerprint density at radius 1 is 1.46 bits per heavy atom. The van der Waals surface area contributed by atoms with Crippen LogP contribution in [0.15, 0.2) is 34.6 Å². The van der Waals surface area contributed by atoms with Crippen LogP contribution in [0.4, 0.5) is 5.69 Å². The summed E-state index contributed by atoms with van der Waals surface area (Å²) in [7, 11) is 1.76. The second-order valence-corrected chi connectivity index (χ2v) is 6.83. The smallest absolute Gasteiger partial charge is 0.284 e. The van der Waals surface area contributed by atoms with Crippen molar-refractivity contribution >= 4 is 35.8 Å². The van der Waals surface area contributed by atoms with Crippen LogP contribution >= 0.6 is 24.2 Å². The number of nitro benzene ring substituents is 1. The summed E-state index contributed by atoms with van der Waals surface area (Å²) in [6, 6.07) is 4.61. The Balaban J connectivity index is 0.00000243. The lowest BCUT2D eigenvalue weighted by Crippen LogP contribution is -2.52. The highest BCUT2D eigenvalue weighted by Gasteiger charge is 2.26. The van der Waals surface area contributed by atoms with E-state index in [0.717, 1.165) is 18.3 Å². The van der Waals surface area contributed by atoms with Crippen LogP contribution in [0.3, 0.4) is 0 Å². The number of carbonyl (C=O) groups is 1. The third-order valence-electron chi connectivity index (χ3n) is 4.04. The number of halogens is 1. The molecule has 1 amide bonds. The summed E-state index contributed by atoms with van der Waals surface area (Å²) in [6.07, 6.45) is 1.53. The lowest BCUT2D eigenvalue weighted by molar-refractivity contribution is -0.387. The van der Waals surface area contributed by atoms with Crippen molar-refractivity contribution in [2.75, 3.05) is 19.6 Å². The number of amides is 1. The highest BCUT2D eigenvalue weighted by atomic mass is 35.5. The first-order valence-corrected chi connectivity index (χ1v) is 8.61. The van der Waals surface area contributed by atoms with Gasteiger partial charge in [0.2, 0.25) is 0 Å². The van der Waals surface area contributed by atoms with Crippen LogP contribution in [0.2, 0.25) is 0 Å². The monoisotopic (exact) mass is 398 g/mol. The molecule has 2 heterocycles. The number of hydrogen-bond donors (Lipinski definition) is 1. The van der Waals surface area contributed by atoms with Gasteiger partial charge in [-0.25, -0.2) is 0 Å². The largest absolute Gasteiger partial charge is 0.333 e. The van der Waals surface area contributed by atoms with Gasteiger partial charge in [0.05, 0.1) is 9.82 Å². The Kier molecular flexibility index (Phi) is 6.57. The zero-order chi connectivity index (χ0) is 18.0. The van der Waals surface area contributed by atoms with Crippen LogP contribution in [0.25, 0.3) is 0 Å². The van der Waals surface area contributed by atoms with Gasteiger partial charge in [-0.15, -0.1) is 22.6 Å². The van der Waals surface area contributed by atoms with Crippen LogP contribution in [0, 0.1) is 10.1 Å². The van der Waals surface area contributed by atoms with E-state index in [1.807, 2.05) is 6.92 Å². The molecule has 1 aliphatic rings. The summed E-state index contributed by atoms with van der Waals surface area (Å²) in [4.78, 5) is 25.9. The molecule has 1 atom stereocenters. The summed E-state index contributed by atoms with van der Waals surface area (Å²) in [5, 5.41) is 22.9. The number of rotatable bonds is 4. The first kappa shape index (κ1) is 20.1. The lowest BCUT2D eigenvalue weighted by atomic mass is 10.1. The molecule has 3 rings (SSSR count). The molecule has 1 aliphatic heterocycles. The SMILES string of the molecule is CC1CNCCN1C(=O)c1ccc(Sc2nncn2C)c([N+](=O)[O-])c1.Cl. The molecule has 0 bridgehead atoms. The number of carbonyl (C=O) groups excluding carboxylic acids is 1. The molecule has 1 saturated heterocycles. The fourth-order valence-corrected chi connectivity index (χ4v) is 3.50. The maximum atomic E-state index is 12.7. The Morgan fingerprint density at radius 2 is 2.23 bits per heavy atom. The number of aromatic nitrogens is 3. The summed E-state index contributed by atoms with van der Waals surface area (Å²) in [5.41, 5.74) is 0.212. The van der Waals surface area contributed by atoms with Crippen molar-refractivity contribution in [3.8, 4) is 0 Å². The van der Waals surface area contributed by atoms with Gasteiger partial charge in [-0.1, -0.05) is 0 Å². The second-order valence-electron chi connectivity index (χ2n) is 5.82. The molecule has 1 aromatic carbocycles. The van der Waals surface area contributed by atoms with Crippen molar-refractivity contribution in [1.29, 1.82) is 0 Å². The summed E-state index contributed by atoms with van der Waals surface area (Å²) >= 11 is 1.15. The van der Waals surface area contributed by atoms with Crippen molar-refractivity contribution in [2.24, 2.45) is 7.05 Å². The Bertz CT molecular complexity index is 814. The predicted molar refractivity (Wildman–Crippen MR) is 98.8 cm³/mol. The normalized spacial score (nSPS) is 16.8. The number of hydrogen-bond acceptors (Lipinski definition) is 7. The molecule has 11 heteroatoms. The van der Waals surface area contributed by atoms with Gasteiger partial charge in [0, 0.05) is 44.4 Å². The molecule has 0 aliphatic carbocycles. The van der Waals surface area contributed by atoms with Gasteiger partial charge in [0.15, 0.2) is 5.16 Å². The highest BCUT2D eigenvalue weighted by Crippen LogP contribution is 2.34. The third-order valence-corrected chi connectivity index (χ3v) is 5.15. The van der Waals surface area contributed by atoms with E-state index in [4.69, 9.17) is 0 Å². The summed E-state index contributed by atoms with van der Waals surface area (Å²) < 4.78 is 1.68. The number of piperazine rings is 1. The molecule has 2 aromatic rings. The number of benzene rings is 1. The zero-order valence-electron chi connectivity index (χ0n) is 14.3. The fourth-order valence-electron chi connectivity index (χ4n) is 2.65. The van der Waals surface area contributed by atoms with Crippen LogP contribution in [0.5, 0.6) is 0 Å². The van der Waals surface area contributed by atoms with E-state index in [0.29, 0.717) is 28.7 Å². The lowest BCUT2D eigenvalue weighted by Gasteiger charge is -2.34. The molecule has 1 unspecified atom stereocenters. The quantitative estimate of drug-likeness (QED) is 0.617. The zero-order valence-corrected chi connectivity index (χ0v) is 15.9. The first-order valence-electron chi connectivity index (χ1n) is 7.79. The van der Waals surface area contributed by atoms with Gasteiger partial charge < -0.3 is 14.8 Å². The van der Waals surface area contributed by atoms with Gasteiger partial charge in [-0.3, -0.25) is 14.9 Å². The Hall–Kier alpha value is -2.17. The van der Waals surface area contributed by atoms with Crippen molar-refractivity contribution in [2.45, 2.75) is 23.0 Å². The maximum absolute atomic E-state index is 12.7. The van der Waals surface area contributed by atoms with Crippen molar-refractivity contribution in [3.05, 3.63) is 40.2 Å². The molecular formula is C15H19ClN6O3S. The molecule has 26 heavy (non-hydrogen) atoms. The second kappa shape index (κ2) is 8.47. The van der Waals surface area contributed by atoms with Crippen LogP contribution < -0.4 is 5.32 Å². The number of nitro groups is 1. The topological polar surface area (TPSA) is 106 Å². The van der Waals surface area contributed by atoms with Gasteiger partial charge in [0.1, 0.15) is 6.33 Å². The molecule has 1 fully saturated rings. The third kappa shape index (κ3) is 4.14. The Labute approximate surface area is 160 Å². The minimum atomic E-state index is -0.476. The van der Waals surface area contributed by atoms with Crippen molar-refractivity contribution in [3.63, 3.8) is 0 Å². The molecule has 1 N–H and O–H groups in total. The minimum Gasteiger partial charge on any atom is -0.333 e. The van der Waals surface area contributed by atoms with E-state index in [2.05, 4.69) is 15.5 Å². The molecule has 0 saturated carbocycles. The Morgan fingerprint density at radius 3 is 2.85 bits per heavy atom. The molecule has 0 radical (unpaired) electrons. The van der Waals surface area contributed by atoms with Crippen LogP contribution in [0.1, 0.15) is 17.3 Å². The molecular weight excluding hydrogens is 380 g/mol. The number of nitrogens with one attached hydrogen (secondary N) is 1. The molecule has 9 nitrogen and oxygen atoms in total. The van der Waals surface area contributed by atoms with Crippen LogP contribution in [-0.4, -0.2) is 56.2 Å². The molecule has 1 aromatic heterocycles. The maximum Gasteiger partial charge on any atom is 0.284 e. The fraction of sp³-hybridized carbons (Fsp3) is 0.400. The predicted octanol–water partition coefficient (Wildman–Crippen LogP) is 1.73. The summed E-state index contributed by atoms with van der Waals surface area (Å²) in [5.74, 6) is -0.188. The average molecular weight is 399 g/mol. The van der Waals surface area contributed by atoms with E-state index in [1.54, 1.807) is 28.6 Å². The summed E-state index contributed by atoms with van der Waals surface area (Å²) in [6.45, 7) is 3.98. The van der Waals surface area contributed by atoms with E-state index < -0.39 is 4.92 Å². The van der Waals surface area contributed by atoms with E-state index in [1.165, 1.54) is 12.4 Å². The average Bonchev–Trinajstić information content (AvgIpc) is 3.00. The molecule has 0 spiro atoms. The van der Waals surface area contributed by atoms with Crippen molar-refractivity contribution in [1.82, 2.24) is 25.0 Å². The van der Waals surface area contributed by atoms with Gasteiger partial charge in [-0.2, -0.15) is 0 Å². The standard InChI is InChI=1S/C15H18N6O3S.ClH/c1-10-8-16-5-6-20(10)14(22)11-3-4-13(12(7-11)21(23)24)25-15-18-17-9-19(15)2;/h3-4,7,9-10,16H,5-6,8H2,1-2H3;1H. The van der Waals surface area contributed by atoms with Crippen molar-refractivity contribution < 1.29 is 9.72 Å². The minimum absolute atomic E-state index is 0. The highest BCUT2D eigenvalue weighted by molar-refractivity contribution is 7.99. The molecule has 140 valence electrons. The van der Waals surface area contributed by atoms with Gasteiger partial charge >= 0.3 is 0 Å². The van der Waals surface area contributed by atoms with Gasteiger partial charge in [-0.05, 0) is 30.8 Å². The first-order chi connectivity index (χ1) is 12.0. The van der Waals surface area contributed by atoms with E-state index in [9.17, 15) is 14.9 Å². The number of nitrogens with zero attached hydrogens (tertiary/aromatic N) is 5. The van der Waals surface area contributed by atoms with Crippen LogP contribution in [-0.2, 0) is 7.05 Å². The van der Waals surface area contributed by atoms with E-state index >= 15 is 0 Å². The van der Waals surface area contributed by atoms with Gasteiger partial charge in [0.25, 0.3) is 11.6 Å².